The van der Waals surface area contributed by atoms with Crippen LogP contribution in [0.3, 0.4) is 0 Å². The molecule has 3 amide bonds. The average Bonchev–Trinajstić information content (AvgIpc) is 2.68. The number of primary amides is 1. The minimum atomic E-state index is -1.36. The fourth-order valence-electron chi connectivity index (χ4n) is 2.26. The van der Waals surface area contributed by atoms with Crippen LogP contribution in [0.4, 0.5) is 0 Å². The van der Waals surface area contributed by atoms with Gasteiger partial charge in [-0.1, -0.05) is 13.8 Å². The highest BCUT2D eigenvalue weighted by atomic mass is 16.4. The number of amides is 3. The zero-order chi connectivity index (χ0) is 16.2. The number of aliphatic carboxylic acids is 1. The smallest absolute Gasteiger partial charge is 0.326 e. The second-order valence-electron chi connectivity index (χ2n) is 5.66. The summed E-state index contributed by atoms with van der Waals surface area (Å²) in [6, 6.07) is -1.36. The normalized spacial score (nSPS) is 19.7. The summed E-state index contributed by atoms with van der Waals surface area (Å²) < 4.78 is 0. The summed E-state index contributed by atoms with van der Waals surface area (Å²) in [5.74, 6) is -3.10. The Morgan fingerprint density at radius 2 is 2.05 bits per heavy atom. The minimum Gasteiger partial charge on any atom is -0.480 e. The molecule has 0 saturated carbocycles. The summed E-state index contributed by atoms with van der Waals surface area (Å²) in [6.45, 7) is 4.76. The number of carboxylic acid groups (broad SMARTS) is 1. The first-order chi connectivity index (χ1) is 9.70. The van der Waals surface area contributed by atoms with Crippen molar-refractivity contribution in [2.75, 3.05) is 13.1 Å². The monoisotopic (exact) mass is 299 g/mol. The number of carbonyl (C=O) groups is 4. The molecule has 1 saturated heterocycles. The molecule has 2 unspecified atom stereocenters. The molecular weight excluding hydrogens is 278 g/mol. The Morgan fingerprint density at radius 3 is 2.52 bits per heavy atom. The number of carboxylic acids is 1. The first kappa shape index (κ1) is 16.9. The van der Waals surface area contributed by atoms with Gasteiger partial charge in [0, 0.05) is 19.5 Å². The third kappa shape index (κ3) is 5.05. The van der Waals surface area contributed by atoms with Crippen molar-refractivity contribution in [3.05, 3.63) is 0 Å². The van der Waals surface area contributed by atoms with Crippen LogP contribution in [0.2, 0.25) is 0 Å². The molecule has 8 nitrogen and oxygen atoms in total. The lowest BCUT2D eigenvalue weighted by Crippen LogP contribution is -2.46. The van der Waals surface area contributed by atoms with Crippen LogP contribution in [0, 0.1) is 11.8 Å². The van der Waals surface area contributed by atoms with Gasteiger partial charge in [0.05, 0.1) is 12.3 Å². The van der Waals surface area contributed by atoms with Gasteiger partial charge in [-0.3, -0.25) is 14.4 Å². The lowest BCUT2D eigenvalue weighted by molar-refractivity contribution is -0.143. The van der Waals surface area contributed by atoms with Gasteiger partial charge in [-0.05, 0) is 5.92 Å². The van der Waals surface area contributed by atoms with Crippen molar-refractivity contribution in [1.29, 1.82) is 0 Å². The second-order valence-corrected chi connectivity index (χ2v) is 5.66. The SMILES string of the molecule is CC(C)CN1CC(C(=O)NC(CC(N)=O)C(=O)O)CC1=O. The van der Waals surface area contributed by atoms with Crippen LogP contribution in [0.15, 0.2) is 0 Å². The molecule has 8 heteroatoms. The van der Waals surface area contributed by atoms with Gasteiger partial charge >= 0.3 is 5.97 Å². The molecule has 1 fully saturated rings. The van der Waals surface area contributed by atoms with Crippen LogP contribution in [-0.4, -0.2) is 52.8 Å². The van der Waals surface area contributed by atoms with E-state index in [1.165, 1.54) is 0 Å². The molecule has 1 aliphatic heterocycles. The van der Waals surface area contributed by atoms with Gasteiger partial charge in [-0.15, -0.1) is 0 Å². The molecule has 2 atom stereocenters. The van der Waals surface area contributed by atoms with E-state index in [9.17, 15) is 19.2 Å². The lowest BCUT2D eigenvalue weighted by atomic mass is 10.1. The third-order valence-electron chi connectivity index (χ3n) is 3.19. The average molecular weight is 299 g/mol. The number of hydrogen-bond acceptors (Lipinski definition) is 4. The Kier molecular flexibility index (Phi) is 5.69. The summed E-state index contributed by atoms with van der Waals surface area (Å²) >= 11 is 0. The van der Waals surface area contributed by atoms with E-state index < -0.39 is 36.2 Å². The Hall–Kier alpha value is -2.12. The number of hydrogen-bond donors (Lipinski definition) is 3. The molecular formula is C13H21N3O5. The van der Waals surface area contributed by atoms with E-state index >= 15 is 0 Å². The van der Waals surface area contributed by atoms with Crippen molar-refractivity contribution >= 4 is 23.7 Å². The Morgan fingerprint density at radius 1 is 1.43 bits per heavy atom. The minimum absolute atomic E-state index is 0.0570. The molecule has 0 aromatic heterocycles. The van der Waals surface area contributed by atoms with Crippen molar-refractivity contribution in [2.24, 2.45) is 17.6 Å². The van der Waals surface area contributed by atoms with Crippen LogP contribution in [0.25, 0.3) is 0 Å². The topological polar surface area (TPSA) is 130 Å². The maximum atomic E-state index is 12.0. The van der Waals surface area contributed by atoms with E-state index in [4.69, 9.17) is 10.8 Å². The summed E-state index contributed by atoms with van der Waals surface area (Å²) in [7, 11) is 0. The first-order valence-corrected chi connectivity index (χ1v) is 6.80. The molecule has 0 aromatic rings. The number of nitrogens with zero attached hydrogens (tertiary/aromatic N) is 1. The van der Waals surface area contributed by atoms with Crippen molar-refractivity contribution in [3.8, 4) is 0 Å². The molecule has 21 heavy (non-hydrogen) atoms. The van der Waals surface area contributed by atoms with Crippen molar-refractivity contribution in [2.45, 2.75) is 32.7 Å². The third-order valence-corrected chi connectivity index (χ3v) is 3.19. The number of likely N-dealkylation sites (tertiary alicyclic amines) is 1. The lowest BCUT2D eigenvalue weighted by Gasteiger charge is -2.19. The molecule has 0 radical (unpaired) electrons. The summed E-state index contributed by atoms with van der Waals surface area (Å²) in [6.07, 6.45) is -0.418. The van der Waals surface area contributed by atoms with Gasteiger partial charge in [-0.25, -0.2) is 4.79 Å². The van der Waals surface area contributed by atoms with Crippen LogP contribution in [0.5, 0.6) is 0 Å². The van der Waals surface area contributed by atoms with Gasteiger partial charge in [0.2, 0.25) is 17.7 Å². The molecule has 1 heterocycles. The van der Waals surface area contributed by atoms with Crippen LogP contribution < -0.4 is 11.1 Å². The number of nitrogens with one attached hydrogen (secondary N) is 1. The summed E-state index contributed by atoms with van der Waals surface area (Å²) in [4.78, 5) is 47.1. The van der Waals surface area contributed by atoms with Gasteiger partial charge in [0.15, 0.2) is 0 Å². The zero-order valence-corrected chi connectivity index (χ0v) is 12.2. The summed E-state index contributed by atoms with van der Waals surface area (Å²) in [5.41, 5.74) is 4.94. The molecule has 0 aromatic carbocycles. The second kappa shape index (κ2) is 7.05. The maximum absolute atomic E-state index is 12.0. The zero-order valence-electron chi connectivity index (χ0n) is 12.2. The predicted octanol–water partition coefficient (Wildman–Crippen LogP) is -1.06. The molecule has 0 bridgehead atoms. The van der Waals surface area contributed by atoms with Crippen molar-refractivity contribution < 1.29 is 24.3 Å². The molecule has 0 aliphatic carbocycles. The molecule has 1 aliphatic rings. The Balaban J connectivity index is 2.61. The van der Waals surface area contributed by atoms with Crippen molar-refractivity contribution in [1.82, 2.24) is 10.2 Å². The van der Waals surface area contributed by atoms with E-state index in [1.807, 2.05) is 13.8 Å². The molecule has 118 valence electrons. The number of carbonyl (C=O) groups excluding carboxylic acids is 3. The van der Waals surface area contributed by atoms with E-state index in [0.717, 1.165) is 0 Å². The Labute approximate surface area is 122 Å². The fraction of sp³-hybridized carbons (Fsp3) is 0.692. The molecule has 0 spiro atoms. The standard InChI is InChI=1S/C13H21N3O5/c1-7(2)5-16-6-8(3-11(16)18)12(19)15-9(13(20)21)4-10(14)17/h7-9H,3-6H2,1-2H3,(H2,14,17)(H,15,19)(H,20,21). The van der Waals surface area contributed by atoms with Gasteiger partial charge in [0.25, 0.3) is 0 Å². The largest absolute Gasteiger partial charge is 0.480 e. The first-order valence-electron chi connectivity index (χ1n) is 6.80. The summed E-state index contributed by atoms with van der Waals surface area (Å²) in [5, 5.41) is 11.2. The van der Waals surface area contributed by atoms with Gasteiger partial charge in [0.1, 0.15) is 6.04 Å². The van der Waals surface area contributed by atoms with E-state index in [2.05, 4.69) is 5.32 Å². The maximum Gasteiger partial charge on any atom is 0.326 e. The number of rotatable bonds is 7. The van der Waals surface area contributed by atoms with Gasteiger partial charge < -0.3 is 21.1 Å². The highest BCUT2D eigenvalue weighted by Crippen LogP contribution is 2.19. The van der Waals surface area contributed by atoms with Crippen LogP contribution in [0.1, 0.15) is 26.7 Å². The van der Waals surface area contributed by atoms with Crippen LogP contribution >= 0.6 is 0 Å². The van der Waals surface area contributed by atoms with Crippen LogP contribution in [-0.2, 0) is 19.2 Å². The van der Waals surface area contributed by atoms with E-state index in [-0.39, 0.29) is 24.8 Å². The predicted molar refractivity (Wildman–Crippen MR) is 72.9 cm³/mol. The van der Waals surface area contributed by atoms with Crippen molar-refractivity contribution in [3.63, 3.8) is 0 Å². The number of nitrogens with two attached hydrogens (primary N) is 1. The van der Waals surface area contributed by atoms with Gasteiger partial charge in [-0.2, -0.15) is 0 Å². The fourth-order valence-corrected chi connectivity index (χ4v) is 2.26. The van der Waals surface area contributed by atoms with E-state index in [0.29, 0.717) is 6.54 Å². The molecule has 4 N–H and O–H groups in total. The highest BCUT2D eigenvalue weighted by molar-refractivity contribution is 5.92. The van der Waals surface area contributed by atoms with E-state index in [1.54, 1.807) is 4.90 Å². The Bertz CT molecular complexity index is 449. The quantitative estimate of drug-likeness (QED) is 0.551. The molecule has 1 rings (SSSR count). The highest BCUT2D eigenvalue weighted by Gasteiger charge is 2.36.